The van der Waals surface area contributed by atoms with Crippen molar-refractivity contribution in [2.24, 2.45) is 5.73 Å². The van der Waals surface area contributed by atoms with Crippen molar-refractivity contribution in [2.45, 2.75) is 0 Å². The van der Waals surface area contributed by atoms with E-state index in [2.05, 4.69) is 20.9 Å². The third kappa shape index (κ3) is 3.02. The minimum Gasteiger partial charge on any atom is -0.457 e. The summed E-state index contributed by atoms with van der Waals surface area (Å²) in [6.45, 7) is 0. The minimum absolute atomic E-state index is 0.183. The molecule has 1 aromatic carbocycles. The highest BCUT2D eigenvalue weighted by molar-refractivity contribution is 9.10. The zero-order chi connectivity index (χ0) is 13.1. The average Bonchev–Trinajstić information content (AvgIpc) is 2.34. The van der Waals surface area contributed by atoms with Crippen molar-refractivity contribution >= 4 is 33.1 Å². The number of rotatable bonds is 3. The van der Waals surface area contributed by atoms with Gasteiger partial charge < -0.3 is 10.5 Å². The maximum Gasteiger partial charge on any atom is 0.141 e. The lowest BCUT2D eigenvalue weighted by Crippen LogP contribution is -2.11. The number of nitrogens with zero attached hydrogens (tertiary/aromatic N) is 1. The van der Waals surface area contributed by atoms with E-state index >= 15 is 0 Å². The van der Waals surface area contributed by atoms with Crippen LogP contribution in [-0.2, 0) is 0 Å². The second-order valence-electron chi connectivity index (χ2n) is 3.42. The van der Waals surface area contributed by atoms with Gasteiger partial charge >= 0.3 is 0 Å². The number of pyridine rings is 1. The van der Waals surface area contributed by atoms with E-state index in [9.17, 15) is 4.39 Å². The predicted molar refractivity (Wildman–Crippen MR) is 74.3 cm³/mol. The van der Waals surface area contributed by atoms with Gasteiger partial charge in [0.2, 0.25) is 0 Å². The molecule has 0 aliphatic carbocycles. The van der Waals surface area contributed by atoms with Gasteiger partial charge in [-0.05, 0) is 34.1 Å². The molecule has 1 aromatic heterocycles. The fraction of sp³-hybridized carbons (Fsp3) is 0. The van der Waals surface area contributed by atoms with Gasteiger partial charge in [-0.2, -0.15) is 0 Å². The Bertz CT molecular complexity index is 606. The average molecular weight is 327 g/mol. The van der Waals surface area contributed by atoms with Crippen LogP contribution in [0.5, 0.6) is 11.5 Å². The summed E-state index contributed by atoms with van der Waals surface area (Å²) < 4.78 is 19.2. The van der Waals surface area contributed by atoms with Gasteiger partial charge in [-0.1, -0.05) is 12.2 Å². The molecule has 0 amide bonds. The number of halogens is 2. The van der Waals surface area contributed by atoms with Crippen molar-refractivity contribution in [3.05, 3.63) is 52.5 Å². The van der Waals surface area contributed by atoms with E-state index in [-0.39, 0.29) is 4.99 Å². The lowest BCUT2D eigenvalue weighted by atomic mass is 10.3. The van der Waals surface area contributed by atoms with Crippen molar-refractivity contribution in [3.63, 3.8) is 0 Å². The summed E-state index contributed by atoms with van der Waals surface area (Å²) in [5, 5.41) is 0. The molecule has 0 saturated carbocycles. The van der Waals surface area contributed by atoms with Crippen LogP contribution in [0.25, 0.3) is 0 Å². The molecule has 0 bridgehead atoms. The van der Waals surface area contributed by atoms with E-state index < -0.39 is 5.82 Å². The topological polar surface area (TPSA) is 48.1 Å². The Morgan fingerprint density at radius 3 is 2.67 bits per heavy atom. The zero-order valence-electron chi connectivity index (χ0n) is 9.06. The van der Waals surface area contributed by atoms with Gasteiger partial charge in [-0.25, -0.2) is 4.39 Å². The SMILES string of the molecule is NC(=S)c1cc(Oc2ccc(Br)c(F)c2)ccn1. The van der Waals surface area contributed by atoms with Crippen LogP contribution in [0.2, 0.25) is 0 Å². The van der Waals surface area contributed by atoms with Crippen molar-refractivity contribution in [3.8, 4) is 11.5 Å². The standard InChI is InChI=1S/C12H8BrFN2OS/c13-9-2-1-7(5-10(9)14)17-8-3-4-16-11(6-8)12(15)18/h1-6H,(H2,15,18). The van der Waals surface area contributed by atoms with Crippen LogP contribution in [0.15, 0.2) is 41.0 Å². The highest BCUT2D eigenvalue weighted by Gasteiger charge is 2.05. The molecule has 0 atom stereocenters. The lowest BCUT2D eigenvalue weighted by Gasteiger charge is -2.07. The number of aromatic nitrogens is 1. The normalized spacial score (nSPS) is 10.1. The molecule has 1 heterocycles. The number of thiocarbonyl (C=S) groups is 1. The highest BCUT2D eigenvalue weighted by Crippen LogP contribution is 2.25. The number of benzene rings is 1. The molecule has 2 rings (SSSR count). The maximum absolute atomic E-state index is 13.3. The quantitative estimate of drug-likeness (QED) is 0.878. The largest absolute Gasteiger partial charge is 0.457 e. The fourth-order valence-corrected chi connectivity index (χ4v) is 1.64. The van der Waals surface area contributed by atoms with Crippen LogP contribution in [0.3, 0.4) is 0 Å². The summed E-state index contributed by atoms with van der Waals surface area (Å²) >= 11 is 7.89. The molecular weight excluding hydrogens is 319 g/mol. The number of ether oxygens (including phenoxy) is 1. The second kappa shape index (κ2) is 5.41. The molecule has 0 spiro atoms. The van der Waals surface area contributed by atoms with E-state index in [0.29, 0.717) is 21.7 Å². The Balaban J connectivity index is 2.25. The first-order valence-corrected chi connectivity index (χ1v) is 6.15. The van der Waals surface area contributed by atoms with Crippen LogP contribution in [0, 0.1) is 5.82 Å². The third-order valence-corrected chi connectivity index (χ3v) is 2.96. The monoisotopic (exact) mass is 326 g/mol. The smallest absolute Gasteiger partial charge is 0.141 e. The molecule has 0 aliphatic heterocycles. The molecule has 0 fully saturated rings. The zero-order valence-corrected chi connectivity index (χ0v) is 11.5. The van der Waals surface area contributed by atoms with E-state index in [0.717, 1.165) is 0 Å². The van der Waals surface area contributed by atoms with Crippen molar-refractivity contribution in [2.75, 3.05) is 0 Å². The van der Waals surface area contributed by atoms with Gasteiger partial charge in [-0.3, -0.25) is 4.98 Å². The first-order chi connectivity index (χ1) is 8.56. The molecule has 3 nitrogen and oxygen atoms in total. The first-order valence-electron chi connectivity index (χ1n) is 4.95. The molecule has 18 heavy (non-hydrogen) atoms. The van der Waals surface area contributed by atoms with Crippen LogP contribution >= 0.6 is 28.1 Å². The van der Waals surface area contributed by atoms with Gasteiger partial charge in [0.15, 0.2) is 0 Å². The molecule has 0 unspecified atom stereocenters. The van der Waals surface area contributed by atoms with Crippen LogP contribution in [0.1, 0.15) is 5.69 Å². The molecule has 0 saturated heterocycles. The predicted octanol–water partition coefficient (Wildman–Crippen LogP) is 3.41. The Morgan fingerprint density at radius 1 is 1.28 bits per heavy atom. The Labute approximate surface area is 117 Å². The second-order valence-corrected chi connectivity index (χ2v) is 4.71. The van der Waals surface area contributed by atoms with Crippen molar-refractivity contribution < 1.29 is 9.13 Å². The summed E-state index contributed by atoms with van der Waals surface area (Å²) in [6, 6.07) is 7.74. The molecule has 2 N–H and O–H groups in total. The third-order valence-electron chi connectivity index (χ3n) is 2.11. The molecular formula is C12H8BrFN2OS. The molecule has 6 heteroatoms. The van der Waals surface area contributed by atoms with Crippen molar-refractivity contribution in [1.82, 2.24) is 4.98 Å². The van der Waals surface area contributed by atoms with E-state index in [1.54, 1.807) is 24.3 Å². The van der Waals surface area contributed by atoms with E-state index in [1.807, 2.05) is 0 Å². The summed E-state index contributed by atoms with van der Waals surface area (Å²) in [5.74, 6) is 0.487. The number of hydrogen-bond acceptors (Lipinski definition) is 3. The minimum atomic E-state index is -0.392. The molecule has 92 valence electrons. The van der Waals surface area contributed by atoms with E-state index in [1.165, 1.54) is 12.3 Å². The summed E-state index contributed by atoms with van der Waals surface area (Å²) in [6.07, 6.45) is 1.53. The highest BCUT2D eigenvalue weighted by atomic mass is 79.9. The van der Waals surface area contributed by atoms with Gasteiger partial charge in [0.25, 0.3) is 0 Å². The van der Waals surface area contributed by atoms with Gasteiger partial charge in [-0.15, -0.1) is 0 Å². The first kappa shape index (κ1) is 12.9. The molecule has 2 aromatic rings. The van der Waals surface area contributed by atoms with E-state index in [4.69, 9.17) is 22.7 Å². The van der Waals surface area contributed by atoms with Gasteiger partial charge in [0, 0.05) is 18.3 Å². The van der Waals surface area contributed by atoms with Crippen LogP contribution in [-0.4, -0.2) is 9.97 Å². The summed E-state index contributed by atoms with van der Waals surface area (Å²) in [5.41, 5.74) is 5.93. The van der Waals surface area contributed by atoms with Crippen molar-refractivity contribution in [1.29, 1.82) is 0 Å². The number of nitrogens with two attached hydrogens (primary N) is 1. The van der Waals surface area contributed by atoms with Gasteiger partial charge in [0.05, 0.1) is 4.47 Å². The number of hydrogen-bond donors (Lipinski definition) is 1. The Morgan fingerprint density at radius 2 is 2.00 bits per heavy atom. The summed E-state index contributed by atoms with van der Waals surface area (Å²) in [4.78, 5) is 4.17. The Kier molecular flexibility index (Phi) is 3.88. The summed E-state index contributed by atoms with van der Waals surface area (Å²) in [7, 11) is 0. The van der Waals surface area contributed by atoms with Gasteiger partial charge in [0.1, 0.15) is 28.0 Å². The Hall–Kier alpha value is -1.53. The lowest BCUT2D eigenvalue weighted by molar-refractivity contribution is 0.475. The van der Waals surface area contributed by atoms with Crippen LogP contribution in [0.4, 0.5) is 4.39 Å². The van der Waals surface area contributed by atoms with Crippen LogP contribution < -0.4 is 10.5 Å². The fourth-order valence-electron chi connectivity index (χ4n) is 1.29. The maximum atomic E-state index is 13.3. The molecule has 0 aliphatic rings. The molecule has 0 radical (unpaired) electrons.